The average molecular weight is 282 g/mol. The van der Waals surface area contributed by atoms with Gasteiger partial charge in [0.25, 0.3) is 5.92 Å². The summed E-state index contributed by atoms with van der Waals surface area (Å²) in [5, 5.41) is 7.61. The fourth-order valence-corrected chi connectivity index (χ4v) is 2.44. The van der Waals surface area contributed by atoms with Crippen LogP contribution in [0.5, 0.6) is 0 Å². The van der Waals surface area contributed by atoms with E-state index in [1.165, 1.54) is 22.7 Å². The van der Waals surface area contributed by atoms with Crippen molar-refractivity contribution in [1.29, 1.82) is 0 Å². The molecule has 1 aliphatic heterocycles. The fraction of sp³-hybridized carbons (Fsp3) is 0.636. The number of aryl methyl sites for hydroxylation is 1. The first-order valence-electron chi connectivity index (χ1n) is 6.21. The Labute approximate surface area is 112 Å². The normalized spacial score (nSPS) is 27.6. The predicted octanol–water partition coefficient (Wildman–Crippen LogP) is 2.05. The summed E-state index contributed by atoms with van der Waals surface area (Å²) in [4.78, 5) is 16.1. The monoisotopic (exact) mass is 282 g/mol. The number of carbonyl (C=O) groups is 1. The SMILES string of the molecule is CN1C(=O)C(N=[N+]=[N-])CCn2nc(C3CC3(F)F)cc21. The third kappa shape index (κ3) is 1.90. The molecule has 3 rings (SSSR count). The second-order valence-electron chi connectivity index (χ2n) is 5.07. The largest absolute Gasteiger partial charge is 0.300 e. The number of carbonyl (C=O) groups excluding carboxylic acids is 1. The fourth-order valence-electron chi connectivity index (χ4n) is 2.44. The number of amides is 1. The molecule has 0 aromatic carbocycles. The lowest BCUT2D eigenvalue weighted by Gasteiger charge is -2.16. The zero-order valence-electron chi connectivity index (χ0n) is 10.7. The third-order valence-corrected chi connectivity index (χ3v) is 3.73. The highest BCUT2D eigenvalue weighted by molar-refractivity contribution is 5.96. The summed E-state index contributed by atoms with van der Waals surface area (Å²) in [6, 6.07) is 0.736. The summed E-state index contributed by atoms with van der Waals surface area (Å²) in [5.41, 5.74) is 8.76. The molecule has 9 heteroatoms. The number of anilines is 1. The highest BCUT2D eigenvalue weighted by atomic mass is 19.3. The van der Waals surface area contributed by atoms with Crippen LogP contribution in [0.25, 0.3) is 10.4 Å². The Bertz CT molecular complexity index is 620. The number of halogens is 2. The zero-order chi connectivity index (χ0) is 14.5. The summed E-state index contributed by atoms with van der Waals surface area (Å²) in [6.45, 7) is 0.355. The van der Waals surface area contributed by atoms with Gasteiger partial charge in [-0.25, -0.2) is 13.5 Å². The van der Waals surface area contributed by atoms with Crippen molar-refractivity contribution < 1.29 is 13.6 Å². The average Bonchev–Trinajstić information content (AvgIpc) is 2.87. The third-order valence-electron chi connectivity index (χ3n) is 3.73. The number of fused-ring (bicyclic) bond motifs is 1. The molecule has 0 N–H and O–H groups in total. The Morgan fingerprint density at radius 2 is 2.30 bits per heavy atom. The lowest BCUT2D eigenvalue weighted by atomic mass is 10.2. The number of hydrogen-bond acceptors (Lipinski definition) is 3. The van der Waals surface area contributed by atoms with Crippen molar-refractivity contribution in [2.24, 2.45) is 5.11 Å². The van der Waals surface area contributed by atoms with Crippen molar-refractivity contribution in [2.45, 2.75) is 37.3 Å². The lowest BCUT2D eigenvalue weighted by Crippen LogP contribution is -2.34. The van der Waals surface area contributed by atoms with Crippen molar-refractivity contribution in [3.8, 4) is 0 Å². The molecule has 2 heterocycles. The van der Waals surface area contributed by atoms with E-state index in [4.69, 9.17) is 5.53 Å². The smallest absolute Gasteiger partial charge is 0.257 e. The van der Waals surface area contributed by atoms with E-state index in [1.54, 1.807) is 0 Å². The first kappa shape index (κ1) is 12.9. The standard InChI is InChI=1S/C11H12F2N6O/c1-18-9-4-8(6-5-11(6,12)13)16-19(9)3-2-7(10(18)20)15-17-14/h4,6-7H,2-3,5H2,1H3. The number of alkyl halides is 2. The molecule has 1 aliphatic carbocycles. The van der Waals surface area contributed by atoms with Gasteiger partial charge in [-0.1, -0.05) is 5.11 Å². The number of azide groups is 1. The maximum Gasteiger partial charge on any atom is 0.257 e. The van der Waals surface area contributed by atoms with Crippen LogP contribution in [-0.4, -0.2) is 34.7 Å². The van der Waals surface area contributed by atoms with Gasteiger partial charge in [-0.05, 0) is 12.0 Å². The van der Waals surface area contributed by atoms with Gasteiger partial charge >= 0.3 is 0 Å². The van der Waals surface area contributed by atoms with Crippen LogP contribution in [0.15, 0.2) is 11.2 Å². The van der Waals surface area contributed by atoms with Gasteiger partial charge in [0.05, 0.1) is 11.6 Å². The minimum atomic E-state index is -2.68. The highest BCUT2D eigenvalue weighted by Gasteiger charge is 2.59. The molecule has 106 valence electrons. The van der Waals surface area contributed by atoms with E-state index < -0.39 is 17.9 Å². The van der Waals surface area contributed by atoms with Crippen LogP contribution in [0.4, 0.5) is 14.6 Å². The molecule has 7 nitrogen and oxygen atoms in total. The Kier molecular flexibility index (Phi) is 2.68. The zero-order valence-corrected chi connectivity index (χ0v) is 10.7. The maximum absolute atomic E-state index is 13.1. The molecular formula is C11H12F2N6O. The van der Waals surface area contributed by atoms with Crippen LogP contribution in [0.1, 0.15) is 24.5 Å². The molecule has 1 fully saturated rings. The van der Waals surface area contributed by atoms with Crippen LogP contribution >= 0.6 is 0 Å². The molecule has 0 radical (unpaired) electrons. The molecule has 2 atom stereocenters. The molecule has 0 bridgehead atoms. The van der Waals surface area contributed by atoms with Gasteiger partial charge in [0.15, 0.2) is 0 Å². The maximum atomic E-state index is 13.1. The van der Waals surface area contributed by atoms with Crippen LogP contribution < -0.4 is 4.90 Å². The summed E-state index contributed by atoms with van der Waals surface area (Å²) in [5.74, 6) is -3.42. The first-order valence-corrected chi connectivity index (χ1v) is 6.21. The van der Waals surface area contributed by atoms with Gasteiger partial charge in [0.1, 0.15) is 11.9 Å². The van der Waals surface area contributed by atoms with Crippen molar-refractivity contribution >= 4 is 11.7 Å². The number of aromatic nitrogens is 2. The molecule has 0 spiro atoms. The molecular weight excluding hydrogens is 270 g/mol. The van der Waals surface area contributed by atoms with Crippen LogP contribution in [0.2, 0.25) is 0 Å². The number of likely N-dealkylation sites (N-methyl/N-ethyl adjacent to an activating group) is 1. The van der Waals surface area contributed by atoms with E-state index in [9.17, 15) is 13.6 Å². The molecule has 1 aromatic rings. The molecule has 1 amide bonds. The van der Waals surface area contributed by atoms with Gasteiger partial charge in [0.2, 0.25) is 5.91 Å². The summed E-state index contributed by atoms with van der Waals surface area (Å²) < 4.78 is 27.7. The number of hydrogen-bond donors (Lipinski definition) is 0. The summed E-state index contributed by atoms with van der Waals surface area (Å²) in [7, 11) is 1.52. The molecule has 0 saturated heterocycles. The minimum absolute atomic E-state index is 0.192. The Morgan fingerprint density at radius 3 is 2.90 bits per heavy atom. The van der Waals surface area contributed by atoms with Gasteiger partial charge in [-0.15, -0.1) is 0 Å². The topological polar surface area (TPSA) is 86.9 Å². The predicted molar refractivity (Wildman–Crippen MR) is 65.5 cm³/mol. The summed E-state index contributed by atoms with van der Waals surface area (Å²) in [6.07, 6.45) is 0.116. The minimum Gasteiger partial charge on any atom is -0.300 e. The van der Waals surface area contributed by atoms with Crippen LogP contribution in [-0.2, 0) is 11.3 Å². The van der Waals surface area contributed by atoms with Crippen LogP contribution in [0, 0.1) is 0 Å². The van der Waals surface area contributed by atoms with Gasteiger partial charge in [0, 0.05) is 31.0 Å². The van der Waals surface area contributed by atoms with Gasteiger partial charge in [-0.3, -0.25) is 9.69 Å². The van der Waals surface area contributed by atoms with Crippen molar-refractivity contribution in [3.05, 3.63) is 22.2 Å². The van der Waals surface area contributed by atoms with Crippen molar-refractivity contribution in [1.82, 2.24) is 9.78 Å². The van der Waals surface area contributed by atoms with Gasteiger partial charge in [-0.2, -0.15) is 5.10 Å². The first-order chi connectivity index (χ1) is 9.44. The Hall–Kier alpha value is -2.15. The lowest BCUT2D eigenvalue weighted by molar-refractivity contribution is -0.119. The molecule has 2 aliphatic rings. The quantitative estimate of drug-likeness (QED) is 0.472. The van der Waals surface area contributed by atoms with Crippen molar-refractivity contribution in [2.75, 3.05) is 11.9 Å². The van der Waals surface area contributed by atoms with E-state index in [0.29, 0.717) is 24.5 Å². The van der Waals surface area contributed by atoms with E-state index in [1.807, 2.05) is 0 Å². The van der Waals surface area contributed by atoms with Crippen molar-refractivity contribution in [3.63, 3.8) is 0 Å². The number of rotatable bonds is 2. The van der Waals surface area contributed by atoms with Crippen LogP contribution in [0.3, 0.4) is 0 Å². The summed E-state index contributed by atoms with van der Waals surface area (Å²) >= 11 is 0. The number of nitrogens with zero attached hydrogens (tertiary/aromatic N) is 6. The second kappa shape index (κ2) is 4.17. The van der Waals surface area contributed by atoms with E-state index in [-0.39, 0.29) is 12.3 Å². The molecule has 20 heavy (non-hydrogen) atoms. The molecule has 2 unspecified atom stereocenters. The highest BCUT2D eigenvalue weighted by Crippen LogP contribution is 2.55. The Balaban J connectivity index is 1.91. The van der Waals surface area contributed by atoms with E-state index >= 15 is 0 Å². The molecule has 1 saturated carbocycles. The second-order valence-corrected chi connectivity index (χ2v) is 5.07. The molecule has 1 aromatic heterocycles. The van der Waals surface area contributed by atoms with Gasteiger partial charge < -0.3 is 0 Å². The van der Waals surface area contributed by atoms with E-state index in [0.717, 1.165) is 0 Å². The van der Waals surface area contributed by atoms with E-state index in [2.05, 4.69) is 15.1 Å². The Morgan fingerprint density at radius 1 is 1.60 bits per heavy atom.